The molecule has 0 aliphatic heterocycles. The number of hydrogen-bond donors (Lipinski definition) is 1. The summed E-state index contributed by atoms with van der Waals surface area (Å²) >= 11 is 12.2. The van der Waals surface area contributed by atoms with Gasteiger partial charge in [0, 0.05) is 22.6 Å². The van der Waals surface area contributed by atoms with Gasteiger partial charge in [-0.2, -0.15) is 0 Å². The average molecular weight is 356 g/mol. The van der Waals surface area contributed by atoms with E-state index in [0.29, 0.717) is 10.0 Å². The highest BCUT2D eigenvalue weighted by Gasteiger charge is 2.09. The Morgan fingerprint density at radius 3 is 2.17 bits per heavy atom. The van der Waals surface area contributed by atoms with E-state index in [-0.39, 0.29) is 6.04 Å². The van der Waals surface area contributed by atoms with Crippen molar-refractivity contribution in [2.24, 2.45) is 0 Å². The molecule has 0 aromatic heterocycles. The van der Waals surface area contributed by atoms with Crippen molar-refractivity contribution < 1.29 is 0 Å². The summed E-state index contributed by atoms with van der Waals surface area (Å²) < 4.78 is 0. The van der Waals surface area contributed by atoms with Gasteiger partial charge in [0.2, 0.25) is 0 Å². The van der Waals surface area contributed by atoms with Crippen molar-refractivity contribution >= 4 is 23.2 Å². The summed E-state index contributed by atoms with van der Waals surface area (Å²) in [7, 11) is 0. The quantitative estimate of drug-likeness (QED) is 0.549. The first-order chi connectivity index (χ1) is 11.6. The summed E-state index contributed by atoms with van der Waals surface area (Å²) in [5.41, 5.74) is 4.76. The maximum atomic E-state index is 6.27. The Morgan fingerprint density at radius 2 is 1.50 bits per heavy atom. The molecule has 0 heterocycles. The molecule has 3 rings (SSSR count). The third-order valence-corrected chi connectivity index (χ3v) is 4.66. The van der Waals surface area contributed by atoms with E-state index in [4.69, 9.17) is 23.2 Å². The molecule has 0 amide bonds. The minimum atomic E-state index is 0.156. The van der Waals surface area contributed by atoms with Gasteiger partial charge in [0.25, 0.3) is 0 Å². The van der Waals surface area contributed by atoms with E-state index >= 15 is 0 Å². The Kier molecular flexibility index (Phi) is 5.57. The Bertz CT molecular complexity index is 798. The van der Waals surface area contributed by atoms with Gasteiger partial charge in [-0.25, -0.2) is 0 Å². The molecular formula is C21H19Cl2N. The van der Waals surface area contributed by atoms with Gasteiger partial charge in [0.15, 0.2) is 0 Å². The summed E-state index contributed by atoms with van der Waals surface area (Å²) in [6, 6.07) is 24.8. The summed E-state index contributed by atoms with van der Waals surface area (Å²) in [6.07, 6.45) is 0. The molecule has 0 spiro atoms. The van der Waals surface area contributed by atoms with Crippen LogP contribution in [0, 0.1) is 0 Å². The second-order valence-corrected chi connectivity index (χ2v) is 6.68. The first-order valence-electron chi connectivity index (χ1n) is 7.96. The van der Waals surface area contributed by atoms with Crippen molar-refractivity contribution in [3.8, 4) is 11.1 Å². The van der Waals surface area contributed by atoms with Gasteiger partial charge >= 0.3 is 0 Å². The van der Waals surface area contributed by atoms with Crippen LogP contribution < -0.4 is 5.32 Å². The summed E-state index contributed by atoms with van der Waals surface area (Å²) in [6.45, 7) is 2.89. The first kappa shape index (κ1) is 17.0. The normalized spacial score (nSPS) is 12.1. The maximum absolute atomic E-state index is 6.27. The molecule has 3 heteroatoms. The summed E-state index contributed by atoms with van der Waals surface area (Å²) in [5.74, 6) is 0. The molecule has 3 aromatic carbocycles. The van der Waals surface area contributed by atoms with Crippen LogP contribution in [0.15, 0.2) is 72.8 Å². The van der Waals surface area contributed by atoms with Crippen molar-refractivity contribution in [3.63, 3.8) is 0 Å². The molecule has 0 fully saturated rings. The van der Waals surface area contributed by atoms with E-state index in [1.54, 1.807) is 6.07 Å². The number of halogens is 2. The van der Waals surface area contributed by atoms with E-state index in [2.05, 4.69) is 60.8 Å². The third-order valence-electron chi connectivity index (χ3n) is 4.10. The molecule has 0 bridgehead atoms. The Labute approximate surface area is 153 Å². The molecule has 122 valence electrons. The van der Waals surface area contributed by atoms with Crippen LogP contribution in [0.2, 0.25) is 10.0 Å². The van der Waals surface area contributed by atoms with Crippen LogP contribution in [0.5, 0.6) is 0 Å². The van der Waals surface area contributed by atoms with E-state index in [1.165, 1.54) is 16.7 Å². The molecule has 3 aromatic rings. The van der Waals surface area contributed by atoms with Gasteiger partial charge < -0.3 is 5.32 Å². The average Bonchev–Trinajstić information content (AvgIpc) is 2.61. The van der Waals surface area contributed by atoms with E-state index in [1.807, 2.05) is 18.2 Å². The van der Waals surface area contributed by atoms with Crippen LogP contribution in [-0.2, 0) is 6.54 Å². The molecule has 1 atom stereocenters. The van der Waals surface area contributed by atoms with Crippen LogP contribution >= 0.6 is 23.2 Å². The van der Waals surface area contributed by atoms with Crippen LogP contribution in [-0.4, -0.2) is 0 Å². The van der Waals surface area contributed by atoms with Crippen LogP contribution in [0.25, 0.3) is 11.1 Å². The number of rotatable bonds is 5. The van der Waals surface area contributed by atoms with Crippen LogP contribution in [0.4, 0.5) is 0 Å². The topological polar surface area (TPSA) is 12.0 Å². The predicted molar refractivity (Wildman–Crippen MR) is 104 cm³/mol. The predicted octanol–water partition coefficient (Wildman–Crippen LogP) is 6.51. The highest BCUT2D eigenvalue weighted by Crippen LogP contribution is 2.26. The minimum absolute atomic E-state index is 0.156. The van der Waals surface area contributed by atoms with Gasteiger partial charge in [-0.1, -0.05) is 83.9 Å². The Morgan fingerprint density at radius 1 is 0.833 bits per heavy atom. The molecule has 24 heavy (non-hydrogen) atoms. The van der Waals surface area contributed by atoms with Crippen LogP contribution in [0.1, 0.15) is 24.1 Å². The zero-order valence-electron chi connectivity index (χ0n) is 13.5. The lowest BCUT2D eigenvalue weighted by Gasteiger charge is -2.16. The second kappa shape index (κ2) is 7.85. The third kappa shape index (κ3) is 4.18. The first-order valence-corrected chi connectivity index (χ1v) is 8.72. The smallest absolute Gasteiger partial charge is 0.0468 e. The molecule has 0 radical (unpaired) electrons. The zero-order valence-corrected chi connectivity index (χ0v) is 15.0. The molecule has 1 unspecified atom stereocenters. The number of benzene rings is 3. The molecule has 1 N–H and O–H groups in total. The van der Waals surface area contributed by atoms with Gasteiger partial charge in [-0.3, -0.25) is 0 Å². The molecule has 0 aliphatic rings. The van der Waals surface area contributed by atoms with E-state index in [9.17, 15) is 0 Å². The summed E-state index contributed by atoms with van der Waals surface area (Å²) in [5, 5.41) is 4.86. The van der Waals surface area contributed by atoms with Gasteiger partial charge in [-0.05, 0) is 41.3 Å². The fourth-order valence-corrected chi connectivity index (χ4v) is 3.25. The fraction of sp³-hybridized carbons (Fsp3) is 0.143. The van der Waals surface area contributed by atoms with Gasteiger partial charge in [-0.15, -0.1) is 0 Å². The lowest BCUT2D eigenvalue weighted by molar-refractivity contribution is 0.575. The van der Waals surface area contributed by atoms with Crippen molar-refractivity contribution in [1.82, 2.24) is 5.32 Å². The van der Waals surface area contributed by atoms with Gasteiger partial charge in [0.1, 0.15) is 0 Å². The van der Waals surface area contributed by atoms with Crippen molar-refractivity contribution in [3.05, 3.63) is 94.0 Å². The fourth-order valence-electron chi connectivity index (χ4n) is 2.68. The Balaban J connectivity index is 1.64. The lowest BCUT2D eigenvalue weighted by atomic mass is 10.0. The van der Waals surface area contributed by atoms with Crippen molar-refractivity contribution in [1.29, 1.82) is 0 Å². The highest BCUT2D eigenvalue weighted by atomic mass is 35.5. The summed E-state index contributed by atoms with van der Waals surface area (Å²) in [4.78, 5) is 0. The molecule has 0 saturated heterocycles. The van der Waals surface area contributed by atoms with Crippen LogP contribution in [0.3, 0.4) is 0 Å². The maximum Gasteiger partial charge on any atom is 0.0468 e. The van der Waals surface area contributed by atoms with E-state index < -0.39 is 0 Å². The highest BCUT2D eigenvalue weighted by molar-refractivity contribution is 6.35. The largest absolute Gasteiger partial charge is 0.306 e. The van der Waals surface area contributed by atoms with Crippen molar-refractivity contribution in [2.45, 2.75) is 19.5 Å². The van der Waals surface area contributed by atoms with Crippen molar-refractivity contribution in [2.75, 3.05) is 0 Å². The molecular weight excluding hydrogens is 337 g/mol. The number of hydrogen-bond acceptors (Lipinski definition) is 1. The number of nitrogens with one attached hydrogen (secondary N) is 1. The lowest BCUT2D eigenvalue weighted by Crippen LogP contribution is -2.18. The monoisotopic (exact) mass is 355 g/mol. The standard InChI is InChI=1S/C21H19Cl2N/c1-15(20-12-11-19(22)13-21(20)23)24-14-16-7-9-18(10-8-16)17-5-3-2-4-6-17/h2-13,15,24H,14H2,1H3. The molecule has 0 aliphatic carbocycles. The van der Waals surface area contributed by atoms with E-state index in [0.717, 1.165) is 12.1 Å². The molecule has 1 nitrogen and oxygen atoms in total. The molecule has 0 saturated carbocycles. The Hall–Kier alpha value is -1.80. The SMILES string of the molecule is CC(NCc1ccc(-c2ccccc2)cc1)c1ccc(Cl)cc1Cl. The zero-order chi connectivity index (χ0) is 16.9. The minimum Gasteiger partial charge on any atom is -0.306 e. The second-order valence-electron chi connectivity index (χ2n) is 5.83. The van der Waals surface area contributed by atoms with Gasteiger partial charge in [0.05, 0.1) is 0 Å².